The molecule has 0 aliphatic heterocycles. The minimum absolute atomic E-state index is 0.181. The second-order valence-corrected chi connectivity index (χ2v) is 11.2. The Labute approximate surface area is 204 Å². The van der Waals surface area contributed by atoms with E-state index in [2.05, 4.69) is 67.8 Å². The van der Waals surface area contributed by atoms with Gasteiger partial charge in [-0.05, 0) is 116 Å². The molecule has 0 amide bonds. The summed E-state index contributed by atoms with van der Waals surface area (Å²) in [5.74, 6) is 0.0420. The van der Waals surface area contributed by atoms with Crippen molar-refractivity contribution in [3.63, 3.8) is 0 Å². The molecule has 0 aliphatic carbocycles. The topological polar surface area (TPSA) is 89.9 Å². The van der Waals surface area contributed by atoms with Gasteiger partial charge in [-0.25, -0.2) is 4.79 Å². The largest absolute Gasteiger partial charge is 0.480 e. The summed E-state index contributed by atoms with van der Waals surface area (Å²) in [6.07, 6.45) is 0. The van der Waals surface area contributed by atoms with Gasteiger partial charge in [0.1, 0.15) is 11.5 Å². The highest BCUT2D eigenvalue weighted by atomic mass is 127. The molecule has 0 unspecified atom stereocenters. The molecule has 0 saturated carbocycles. The standard InChI is InChI=1S/C18H17I3O6S/c1-9(2)12-7-15(10(3)4-16(12)28(23,24)25)27-17(22)8-26-18-13(20)5-11(19)6-14(18)21/h4-7,9H,8H2,1-3H3,(H,23,24,25). The van der Waals surface area contributed by atoms with Crippen LogP contribution in [0.5, 0.6) is 11.5 Å². The van der Waals surface area contributed by atoms with Gasteiger partial charge in [0.25, 0.3) is 10.1 Å². The molecule has 0 aromatic heterocycles. The van der Waals surface area contributed by atoms with Gasteiger partial charge >= 0.3 is 5.97 Å². The molecule has 28 heavy (non-hydrogen) atoms. The van der Waals surface area contributed by atoms with Gasteiger partial charge in [0, 0.05) is 3.57 Å². The highest BCUT2D eigenvalue weighted by Crippen LogP contribution is 2.32. The Balaban J connectivity index is 2.22. The third kappa shape index (κ3) is 6.15. The summed E-state index contributed by atoms with van der Waals surface area (Å²) in [5, 5.41) is 0. The highest BCUT2D eigenvalue weighted by Gasteiger charge is 2.21. The van der Waals surface area contributed by atoms with Crippen molar-refractivity contribution in [2.75, 3.05) is 6.61 Å². The van der Waals surface area contributed by atoms with Crippen molar-refractivity contribution in [1.82, 2.24) is 0 Å². The molecule has 6 nitrogen and oxygen atoms in total. The van der Waals surface area contributed by atoms with E-state index in [1.54, 1.807) is 20.8 Å². The lowest BCUT2D eigenvalue weighted by molar-refractivity contribution is -0.136. The summed E-state index contributed by atoms with van der Waals surface area (Å²) < 4.78 is 46.5. The highest BCUT2D eigenvalue weighted by molar-refractivity contribution is 14.1. The maximum absolute atomic E-state index is 12.3. The number of benzene rings is 2. The number of aryl methyl sites for hydroxylation is 1. The molecule has 0 fully saturated rings. The monoisotopic (exact) mass is 742 g/mol. The average molecular weight is 742 g/mol. The van der Waals surface area contributed by atoms with Crippen LogP contribution in [-0.4, -0.2) is 25.5 Å². The summed E-state index contributed by atoms with van der Waals surface area (Å²) >= 11 is 6.49. The lowest BCUT2D eigenvalue weighted by Gasteiger charge is -2.16. The zero-order valence-corrected chi connectivity index (χ0v) is 22.4. The van der Waals surface area contributed by atoms with E-state index < -0.39 is 16.1 Å². The summed E-state index contributed by atoms with van der Waals surface area (Å²) in [5.41, 5.74) is 0.794. The normalized spacial score (nSPS) is 11.6. The first-order chi connectivity index (χ1) is 12.9. The third-order valence-corrected chi connectivity index (χ3v) is 6.86. The molecule has 152 valence electrons. The van der Waals surface area contributed by atoms with Crippen molar-refractivity contribution >= 4 is 83.9 Å². The van der Waals surface area contributed by atoms with Gasteiger partial charge in [0.05, 0.1) is 12.0 Å². The first kappa shape index (κ1) is 24.1. The Morgan fingerprint density at radius 3 is 2.18 bits per heavy atom. The van der Waals surface area contributed by atoms with Crippen LogP contribution >= 0.6 is 67.8 Å². The fourth-order valence-corrected chi connectivity index (χ4v) is 7.22. The first-order valence-corrected chi connectivity index (χ1v) is 12.7. The molecule has 0 saturated heterocycles. The molecule has 0 spiro atoms. The number of hydrogen-bond donors (Lipinski definition) is 1. The fraction of sp³-hybridized carbons (Fsp3) is 0.278. The maximum atomic E-state index is 12.3. The van der Waals surface area contributed by atoms with Crippen LogP contribution in [0.25, 0.3) is 0 Å². The number of halogens is 3. The summed E-state index contributed by atoms with van der Waals surface area (Å²) in [6.45, 7) is 4.89. The predicted molar refractivity (Wildman–Crippen MR) is 131 cm³/mol. The Morgan fingerprint density at radius 1 is 1.11 bits per heavy atom. The quantitative estimate of drug-likeness (QED) is 0.191. The Bertz CT molecular complexity index is 995. The van der Waals surface area contributed by atoms with Gasteiger partial charge in [0.15, 0.2) is 6.61 Å². The van der Waals surface area contributed by atoms with E-state index in [4.69, 9.17) is 9.47 Å². The number of hydrogen-bond acceptors (Lipinski definition) is 5. The summed E-state index contributed by atoms with van der Waals surface area (Å²) in [4.78, 5) is 12.1. The Hall–Kier alpha value is -0.190. The van der Waals surface area contributed by atoms with Crippen molar-refractivity contribution in [3.8, 4) is 11.5 Å². The molecule has 0 aliphatic rings. The number of ether oxygens (including phenoxy) is 2. The van der Waals surface area contributed by atoms with Gasteiger partial charge < -0.3 is 9.47 Å². The van der Waals surface area contributed by atoms with Crippen LogP contribution in [0.15, 0.2) is 29.2 Å². The molecular formula is C18H17I3O6S. The van der Waals surface area contributed by atoms with Crippen LogP contribution in [0, 0.1) is 17.6 Å². The zero-order valence-electron chi connectivity index (χ0n) is 15.1. The van der Waals surface area contributed by atoms with E-state index >= 15 is 0 Å². The second-order valence-electron chi connectivity index (χ2n) is 6.25. The predicted octanol–water partition coefficient (Wildman–Crippen LogP) is 5.16. The van der Waals surface area contributed by atoms with Gasteiger partial charge in [0.2, 0.25) is 0 Å². The summed E-state index contributed by atoms with van der Waals surface area (Å²) in [6, 6.07) is 6.66. The van der Waals surface area contributed by atoms with Crippen molar-refractivity contribution in [2.24, 2.45) is 0 Å². The average Bonchev–Trinajstić information content (AvgIpc) is 2.54. The van der Waals surface area contributed by atoms with Crippen LogP contribution in [0.4, 0.5) is 0 Å². The molecule has 2 aromatic rings. The van der Waals surface area contributed by atoms with Crippen LogP contribution in [0.1, 0.15) is 30.9 Å². The molecular weight excluding hydrogens is 725 g/mol. The molecule has 2 aromatic carbocycles. The van der Waals surface area contributed by atoms with Gasteiger partial charge in [-0.15, -0.1) is 0 Å². The maximum Gasteiger partial charge on any atom is 0.349 e. The van der Waals surface area contributed by atoms with Crippen LogP contribution in [0.3, 0.4) is 0 Å². The van der Waals surface area contributed by atoms with E-state index in [1.807, 2.05) is 12.1 Å². The third-order valence-electron chi connectivity index (χ3n) is 3.73. The molecule has 1 N–H and O–H groups in total. The lowest BCUT2D eigenvalue weighted by Crippen LogP contribution is -2.19. The van der Waals surface area contributed by atoms with Gasteiger partial charge in [-0.1, -0.05) is 13.8 Å². The minimum Gasteiger partial charge on any atom is -0.480 e. The second kappa shape index (κ2) is 9.75. The van der Waals surface area contributed by atoms with E-state index in [1.165, 1.54) is 12.1 Å². The number of rotatable bonds is 6. The molecule has 0 atom stereocenters. The first-order valence-electron chi connectivity index (χ1n) is 8.00. The Kier molecular flexibility index (Phi) is 8.38. The van der Waals surface area contributed by atoms with E-state index in [-0.39, 0.29) is 23.2 Å². The van der Waals surface area contributed by atoms with Crippen LogP contribution < -0.4 is 9.47 Å². The van der Waals surface area contributed by atoms with Crippen molar-refractivity contribution in [1.29, 1.82) is 0 Å². The summed E-state index contributed by atoms with van der Waals surface area (Å²) in [7, 11) is -4.37. The number of carbonyl (C=O) groups excluding carboxylic acids is 1. The number of esters is 1. The van der Waals surface area contributed by atoms with E-state index in [0.29, 0.717) is 16.9 Å². The molecule has 10 heteroatoms. The van der Waals surface area contributed by atoms with E-state index in [0.717, 1.165) is 10.7 Å². The van der Waals surface area contributed by atoms with Crippen molar-refractivity contribution in [2.45, 2.75) is 31.6 Å². The zero-order chi connectivity index (χ0) is 21.2. The smallest absolute Gasteiger partial charge is 0.349 e. The van der Waals surface area contributed by atoms with Crippen LogP contribution in [0.2, 0.25) is 0 Å². The van der Waals surface area contributed by atoms with Crippen molar-refractivity contribution < 1.29 is 27.2 Å². The Morgan fingerprint density at radius 2 is 1.68 bits per heavy atom. The molecule has 0 bridgehead atoms. The fourth-order valence-electron chi connectivity index (χ4n) is 2.41. The van der Waals surface area contributed by atoms with Crippen molar-refractivity contribution in [3.05, 3.63) is 46.1 Å². The number of carbonyl (C=O) groups is 1. The molecule has 0 heterocycles. The molecule has 0 radical (unpaired) electrons. The lowest BCUT2D eigenvalue weighted by atomic mass is 10.0. The van der Waals surface area contributed by atoms with Gasteiger partial charge in [-0.2, -0.15) is 8.42 Å². The van der Waals surface area contributed by atoms with Gasteiger partial charge in [-0.3, -0.25) is 4.55 Å². The SMILES string of the molecule is Cc1cc(S(=O)(=O)O)c(C(C)C)cc1OC(=O)COc1c(I)cc(I)cc1I. The minimum atomic E-state index is -4.37. The molecule has 2 rings (SSSR count). The van der Waals surface area contributed by atoms with E-state index in [9.17, 15) is 17.8 Å². The van der Waals surface area contributed by atoms with Crippen LogP contribution in [-0.2, 0) is 14.9 Å².